The summed E-state index contributed by atoms with van der Waals surface area (Å²) in [5.74, 6) is 0.548. The standard InChI is InChI=1S/C28H32O5/c1-31-23-10-6-19(7-11-23)17-21-14-16-27(25(21)29)18-22-5-3-4-15-28(22,30)33-26(27)20-8-12-24(32-2)13-9-20/h6-13,17,22,26,30H,3-5,14-16,18H2,1-2H3/b21-17+/t22-,26+,27+,28-/m1/s1. The minimum Gasteiger partial charge on any atom is -0.497 e. The minimum atomic E-state index is -1.16. The van der Waals surface area contributed by atoms with E-state index in [0.29, 0.717) is 19.3 Å². The normalized spacial score (nSPS) is 32.7. The topological polar surface area (TPSA) is 65.0 Å². The van der Waals surface area contributed by atoms with Gasteiger partial charge in [0, 0.05) is 12.3 Å². The summed E-state index contributed by atoms with van der Waals surface area (Å²) in [5.41, 5.74) is 2.10. The van der Waals surface area contributed by atoms with Crippen LogP contribution in [0.1, 0.15) is 62.2 Å². The van der Waals surface area contributed by atoms with Crippen molar-refractivity contribution in [3.8, 4) is 11.5 Å². The van der Waals surface area contributed by atoms with Crippen LogP contribution in [-0.2, 0) is 9.53 Å². The third-order valence-corrected chi connectivity index (χ3v) is 7.87. The Bertz CT molecular complexity index is 1040. The van der Waals surface area contributed by atoms with E-state index in [1.807, 2.05) is 54.6 Å². The second-order valence-corrected chi connectivity index (χ2v) is 9.69. The summed E-state index contributed by atoms with van der Waals surface area (Å²) in [6.45, 7) is 0. The Morgan fingerprint density at radius 3 is 2.30 bits per heavy atom. The first-order chi connectivity index (χ1) is 16.0. The van der Waals surface area contributed by atoms with E-state index in [9.17, 15) is 9.90 Å². The molecule has 4 atom stereocenters. The van der Waals surface area contributed by atoms with Crippen molar-refractivity contribution in [2.24, 2.45) is 11.3 Å². The fraction of sp³-hybridized carbons (Fsp3) is 0.464. The molecule has 0 aromatic heterocycles. The van der Waals surface area contributed by atoms with Gasteiger partial charge in [0.1, 0.15) is 11.5 Å². The van der Waals surface area contributed by atoms with Gasteiger partial charge in [-0.1, -0.05) is 30.7 Å². The number of carbonyl (C=O) groups is 1. The van der Waals surface area contributed by atoms with Crippen molar-refractivity contribution in [3.63, 3.8) is 0 Å². The average Bonchev–Trinajstić information content (AvgIpc) is 3.15. The molecule has 1 aliphatic heterocycles. The molecule has 5 rings (SSSR count). The van der Waals surface area contributed by atoms with E-state index in [1.54, 1.807) is 14.2 Å². The van der Waals surface area contributed by atoms with Gasteiger partial charge >= 0.3 is 0 Å². The van der Waals surface area contributed by atoms with E-state index in [1.165, 1.54) is 0 Å². The summed E-state index contributed by atoms with van der Waals surface area (Å²) in [7, 11) is 3.28. The van der Waals surface area contributed by atoms with Crippen LogP contribution in [0.3, 0.4) is 0 Å². The second-order valence-electron chi connectivity index (χ2n) is 9.69. The van der Waals surface area contributed by atoms with Crippen LogP contribution >= 0.6 is 0 Å². The van der Waals surface area contributed by atoms with Crippen LogP contribution in [0.5, 0.6) is 11.5 Å². The predicted molar refractivity (Wildman–Crippen MR) is 126 cm³/mol. The number of benzene rings is 2. The molecule has 33 heavy (non-hydrogen) atoms. The monoisotopic (exact) mass is 448 g/mol. The third kappa shape index (κ3) is 3.87. The Labute approximate surface area is 195 Å². The molecule has 0 bridgehead atoms. The zero-order valence-electron chi connectivity index (χ0n) is 19.4. The molecular formula is C28H32O5. The summed E-state index contributed by atoms with van der Waals surface area (Å²) in [6.07, 6.45) is 7.19. The highest BCUT2D eigenvalue weighted by atomic mass is 16.6. The van der Waals surface area contributed by atoms with Gasteiger partial charge in [-0.25, -0.2) is 0 Å². The van der Waals surface area contributed by atoms with Gasteiger partial charge in [0.05, 0.1) is 25.7 Å². The quantitative estimate of drug-likeness (QED) is 0.628. The highest BCUT2D eigenvalue weighted by molar-refractivity contribution is 6.06. The van der Waals surface area contributed by atoms with Crippen molar-refractivity contribution in [2.75, 3.05) is 14.2 Å². The van der Waals surface area contributed by atoms with Crippen molar-refractivity contribution in [1.82, 2.24) is 0 Å². The Balaban J connectivity index is 1.52. The zero-order chi connectivity index (χ0) is 23.1. The summed E-state index contributed by atoms with van der Waals surface area (Å²) < 4.78 is 17.1. The summed E-state index contributed by atoms with van der Waals surface area (Å²) in [4.78, 5) is 14.0. The highest BCUT2D eigenvalue weighted by Crippen LogP contribution is 2.61. The van der Waals surface area contributed by atoms with Gasteiger partial charge in [0.2, 0.25) is 0 Å². The van der Waals surface area contributed by atoms with E-state index in [2.05, 4.69) is 0 Å². The minimum absolute atomic E-state index is 0.00923. The van der Waals surface area contributed by atoms with Crippen LogP contribution in [0, 0.1) is 11.3 Å². The number of Topliss-reactive ketones (excluding diaryl/α,β-unsaturated/α-hetero) is 1. The smallest absolute Gasteiger partial charge is 0.169 e. The number of methoxy groups -OCH3 is 2. The number of carbonyl (C=O) groups excluding carboxylic acids is 1. The molecule has 3 fully saturated rings. The molecule has 2 saturated carbocycles. The van der Waals surface area contributed by atoms with Gasteiger partial charge in [0.15, 0.2) is 11.6 Å². The summed E-state index contributed by atoms with van der Waals surface area (Å²) in [6, 6.07) is 15.5. The molecule has 174 valence electrons. The first kappa shape index (κ1) is 22.2. The van der Waals surface area contributed by atoms with Crippen LogP contribution in [0.25, 0.3) is 6.08 Å². The van der Waals surface area contributed by atoms with Crippen LogP contribution in [-0.4, -0.2) is 30.9 Å². The van der Waals surface area contributed by atoms with E-state index < -0.39 is 17.3 Å². The maximum absolute atomic E-state index is 14.0. The summed E-state index contributed by atoms with van der Waals surface area (Å²) in [5, 5.41) is 11.4. The lowest BCUT2D eigenvalue weighted by molar-refractivity contribution is -0.323. The molecule has 1 N–H and O–H groups in total. The Morgan fingerprint density at radius 2 is 1.64 bits per heavy atom. The van der Waals surface area contributed by atoms with Gasteiger partial charge in [-0.05, 0) is 79.1 Å². The largest absolute Gasteiger partial charge is 0.497 e. The zero-order valence-corrected chi connectivity index (χ0v) is 19.4. The first-order valence-electron chi connectivity index (χ1n) is 11.9. The molecule has 0 amide bonds. The molecule has 2 aliphatic carbocycles. The Hall–Kier alpha value is -2.63. The fourth-order valence-corrected chi connectivity index (χ4v) is 6.03. The highest BCUT2D eigenvalue weighted by Gasteiger charge is 2.61. The molecular weight excluding hydrogens is 416 g/mol. The number of aliphatic hydroxyl groups is 1. The van der Waals surface area contributed by atoms with Crippen molar-refractivity contribution in [3.05, 3.63) is 65.2 Å². The SMILES string of the molecule is COc1ccc(/C=C2\CC[C@]3(C[C@H]4CCCC[C@@]4(O)O[C@H]3c3ccc(OC)cc3)C2=O)cc1. The molecule has 2 aromatic rings. The molecule has 0 radical (unpaired) electrons. The average molecular weight is 449 g/mol. The van der Waals surface area contributed by atoms with Crippen LogP contribution < -0.4 is 9.47 Å². The number of fused-ring (bicyclic) bond motifs is 1. The number of rotatable bonds is 4. The maximum Gasteiger partial charge on any atom is 0.169 e. The van der Waals surface area contributed by atoms with Gasteiger partial charge < -0.3 is 19.3 Å². The lowest BCUT2D eigenvalue weighted by atomic mass is 9.63. The third-order valence-electron chi connectivity index (χ3n) is 7.87. The Morgan fingerprint density at radius 1 is 0.970 bits per heavy atom. The number of hydrogen-bond acceptors (Lipinski definition) is 5. The number of ketones is 1. The number of ether oxygens (including phenoxy) is 3. The molecule has 1 saturated heterocycles. The molecule has 5 heteroatoms. The van der Waals surface area contributed by atoms with E-state index >= 15 is 0 Å². The molecule has 1 spiro atoms. The van der Waals surface area contributed by atoms with E-state index in [-0.39, 0.29) is 11.7 Å². The van der Waals surface area contributed by atoms with Gasteiger partial charge in [-0.2, -0.15) is 0 Å². The molecule has 5 nitrogen and oxygen atoms in total. The van der Waals surface area contributed by atoms with E-state index in [4.69, 9.17) is 14.2 Å². The second kappa shape index (κ2) is 8.62. The van der Waals surface area contributed by atoms with Crippen LogP contribution in [0.2, 0.25) is 0 Å². The predicted octanol–water partition coefficient (Wildman–Crippen LogP) is 5.48. The van der Waals surface area contributed by atoms with Crippen molar-refractivity contribution < 1.29 is 24.1 Å². The summed E-state index contributed by atoms with van der Waals surface area (Å²) >= 11 is 0. The van der Waals surface area contributed by atoms with Gasteiger partial charge in [-0.3, -0.25) is 4.79 Å². The maximum atomic E-state index is 14.0. The van der Waals surface area contributed by atoms with Gasteiger partial charge in [0.25, 0.3) is 0 Å². The fourth-order valence-electron chi connectivity index (χ4n) is 6.03. The van der Waals surface area contributed by atoms with Crippen molar-refractivity contribution in [1.29, 1.82) is 0 Å². The Kier molecular flexibility index (Phi) is 5.79. The number of allylic oxidation sites excluding steroid dienone is 1. The lowest BCUT2D eigenvalue weighted by Crippen LogP contribution is -2.55. The van der Waals surface area contributed by atoms with E-state index in [0.717, 1.165) is 53.9 Å². The molecule has 3 aliphatic rings. The van der Waals surface area contributed by atoms with Crippen molar-refractivity contribution in [2.45, 2.75) is 56.8 Å². The van der Waals surface area contributed by atoms with Crippen LogP contribution in [0.4, 0.5) is 0 Å². The molecule has 0 unspecified atom stereocenters. The van der Waals surface area contributed by atoms with Gasteiger partial charge in [-0.15, -0.1) is 0 Å². The van der Waals surface area contributed by atoms with Crippen molar-refractivity contribution >= 4 is 11.9 Å². The first-order valence-corrected chi connectivity index (χ1v) is 11.9. The number of hydrogen-bond donors (Lipinski definition) is 1. The molecule has 2 aromatic carbocycles. The molecule has 1 heterocycles. The van der Waals surface area contributed by atoms with Crippen LogP contribution in [0.15, 0.2) is 54.1 Å². The lowest BCUT2D eigenvalue weighted by Gasteiger charge is -2.53.